The van der Waals surface area contributed by atoms with Crippen LogP contribution in [0.25, 0.3) is 11.3 Å². The number of aliphatic hydroxyl groups is 1. The molecule has 0 aliphatic rings. The van der Waals surface area contributed by atoms with Gasteiger partial charge in [0.2, 0.25) is 5.88 Å². The second-order valence-corrected chi connectivity index (χ2v) is 8.86. The fraction of sp³-hybridized carbons (Fsp3) is 0.444. The average molecular weight is 436 g/mol. The van der Waals surface area contributed by atoms with Crippen LogP contribution >= 0.6 is 0 Å². The molecule has 0 fully saturated rings. The molecule has 0 aliphatic carbocycles. The number of hydrogen-bond acceptors (Lipinski definition) is 4. The van der Waals surface area contributed by atoms with E-state index in [9.17, 15) is 5.11 Å². The van der Waals surface area contributed by atoms with Gasteiger partial charge in [-0.1, -0.05) is 67.8 Å². The summed E-state index contributed by atoms with van der Waals surface area (Å²) in [5.41, 5.74) is 4.21. The summed E-state index contributed by atoms with van der Waals surface area (Å²) in [6.07, 6.45) is 2.62. The summed E-state index contributed by atoms with van der Waals surface area (Å²) in [5.74, 6) is 1.53. The lowest BCUT2D eigenvalue weighted by molar-refractivity contribution is 0.0829. The maximum atomic E-state index is 10.6. The number of nitrogens with zero attached hydrogens (tertiary/aromatic N) is 3. The van der Waals surface area contributed by atoms with Gasteiger partial charge in [0.25, 0.3) is 0 Å². The zero-order chi connectivity index (χ0) is 23.1. The zero-order valence-corrected chi connectivity index (χ0v) is 20.1. The molecule has 1 aromatic heterocycles. The normalized spacial score (nSPS) is 12.5. The van der Waals surface area contributed by atoms with Crippen LogP contribution < -0.4 is 4.74 Å². The standard InChI is InChI=1S/C27H37N3O2/c1-6-7-13-23(31)18-30(20(2)3)19-25-26(22-11-9-8-10-12-22)28-29(5)27(25)32-24-16-14-21(4)15-17-24/h8-12,14-17,20,23,31H,6-7,13,18-19H2,1-5H3. The number of aryl methyl sites for hydroxylation is 2. The lowest BCUT2D eigenvalue weighted by Crippen LogP contribution is -2.37. The van der Waals surface area contributed by atoms with Crippen LogP contribution in [0, 0.1) is 6.92 Å². The van der Waals surface area contributed by atoms with Gasteiger partial charge >= 0.3 is 0 Å². The van der Waals surface area contributed by atoms with Crippen LogP contribution in [0.15, 0.2) is 54.6 Å². The van der Waals surface area contributed by atoms with Gasteiger partial charge in [0.05, 0.1) is 11.7 Å². The number of hydrogen-bond donors (Lipinski definition) is 1. The van der Waals surface area contributed by atoms with Crippen molar-refractivity contribution in [1.82, 2.24) is 14.7 Å². The van der Waals surface area contributed by atoms with E-state index in [-0.39, 0.29) is 12.1 Å². The van der Waals surface area contributed by atoms with E-state index >= 15 is 0 Å². The Bertz CT molecular complexity index is 965. The Morgan fingerprint density at radius 3 is 2.38 bits per heavy atom. The molecule has 0 aliphatic heterocycles. The summed E-state index contributed by atoms with van der Waals surface area (Å²) in [4.78, 5) is 2.31. The predicted octanol–water partition coefficient (Wildman–Crippen LogP) is 5.95. The fourth-order valence-electron chi connectivity index (χ4n) is 3.83. The number of unbranched alkanes of at least 4 members (excludes halogenated alkanes) is 1. The molecule has 0 amide bonds. The van der Waals surface area contributed by atoms with Crippen molar-refractivity contribution in [2.45, 2.75) is 65.6 Å². The van der Waals surface area contributed by atoms with Crippen molar-refractivity contribution in [3.8, 4) is 22.9 Å². The largest absolute Gasteiger partial charge is 0.439 e. The molecule has 2 aromatic carbocycles. The third-order valence-electron chi connectivity index (χ3n) is 5.80. The second kappa shape index (κ2) is 11.3. The lowest BCUT2D eigenvalue weighted by Gasteiger charge is -2.29. The Kier molecular flexibility index (Phi) is 8.48. The minimum absolute atomic E-state index is 0.280. The van der Waals surface area contributed by atoms with Gasteiger partial charge in [0.1, 0.15) is 11.4 Å². The Hall–Kier alpha value is -2.63. The molecule has 0 saturated heterocycles. The Morgan fingerprint density at radius 2 is 1.75 bits per heavy atom. The summed E-state index contributed by atoms with van der Waals surface area (Å²) in [6.45, 7) is 9.85. The molecule has 3 aromatic rings. The van der Waals surface area contributed by atoms with Gasteiger partial charge in [-0.2, -0.15) is 5.10 Å². The number of ether oxygens (including phenoxy) is 1. The van der Waals surface area contributed by atoms with Crippen LogP contribution in [-0.4, -0.2) is 38.5 Å². The number of aromatic nitrogens is 2. The first kappa shape index (κ1) is 24.0. The molecule has 3 rings (SSSR count). The average Bonchev–Trinajstić information content (AvgIpc) is 3.09. The van der Waals surface area contributed by atoms with Crippen LogP contribution in [0.3, 0.4) is 0 Å². The van der Waals surface area contributed by atoms with Crippen molar-refractivity contribution >= 4 is 0 Å². The van der Waals surface area contributed by atoms with E-state index in [1.54, 1.807) is 0 Å². The lowest BCUT2D eigenvalue weighted by atomic mass is 10.1. The topological polar surface area (TPSA) is 50.5 Å². The monoisotopic (exact) mass is 435 g/mol. The predicted molar refractivity (Wildman–Crippen MR) is 131 cm³/mol. The number of rotatable bonds is 11. The van der Waals surface area contributed by atoms with E-state index in [1.165, 1.54) is 5.56 Å². The highest BCUT2D eigenvalue weighted by atomic mass is 16.5. The smallest absolute Gasteiger partial charge is 0.222 e. The van der Waals surface area contributed by atoms with Gasteiger partial charge in [-0.05, 0) is 39.3 Å². The molecule has 0 bridgehead atoms. The SMILES string of the molecule is CCCCC(O)CN(Cc1c(-c2ccccc2)nn(C)c1Oc1ccc(C)cc1)C(C)C. The molecule has 1 N–H and O–H groups in total. The molecule has 32 heavy (non-hydrogen) atoms. The van der Waals surface area contributed by atoms with E-state index in [2.05, 4.69) is 44.7 Å². The van der Waals surface area contributed by atoms with E-state index in [4.69, 9.17) is 9.84 Å². The van der Waals surface area contributed by atoms with Crippen molar-refractivity contribution in [1.29, 1.82) is 0 Å². The minimum atomic E-state index is -0.337. The zero-order valence-electron chi connectivity index (χ0n) is 20.1. The molecule has 1 heterocycles. The second-order valence-electron chi connectivity index (χ2n) is 8.86. The van der Waals surface area contributed by atoms with Gasteiger partial charge in [-0.25, -0.2) is 4.68 Å². The molecule has 1 atom stereocenters. The first-order valence-electron chi connectivity index (χ1n) is 11.7. The van der Waals surface area contributed by atoms with Crippen molar-refractivity contribution in [2.75, 3.05) is 6.54 Å². The van der Waals surface area contributed by atoms with Crippen LogP contribution in [0.4, 0.5) is 0 Å². The van der Waals surface area contributed by atoms with Crippen molar-refractivity contribution in [3.63, 3.8) is 0 Å². The van der Waals surface area contributed by atoms with Crippen molar-refractivity contribution in [2.24, 2.45) is 7.05 Å². The van der Waals surface area contributed by atoms with Gasteiger partial charge in [0.15, 0.2) is 0 Å². The molecule has 172 valence electrons. The maximum Gasteiger partial charge on any atom is 0.222 e. The van der Waals surface area contributed by atoms with E-state index in [0.717, 1.165) is 47.7 Å². The molecule has 0 spiro atoms. The maximum absolute atomic E-state index is 10.6. The van der Waals surface area contributed by atoms with Crippen molar-refractivity contribution < 1.29 is 9.84 Å². The summed E-state index contributed by atoms with van der Waals surface area (Å²) >= 11 is 0. The van der Waals surface area contributed by atoms with Crippen LogP contribution in [0.5, 0.6) is 11.6 Å². The first-order valence-corrected chi connectivity index (χ1v) is 11.7. The Labute approximate surface area is 192 Å². The molecule has 0 saturated carbocycles. The van der Waals surface area contributed by atoms with E-state index < -0.39 is 0 Å². The molecule has 0 radical (unpaired) electrons. The number of aliphatic hydroxyl groups excluding tert-OH is 1. The summed E-state index contributed by atoms with van der Waals surface area (Å²) < 4.78 is 8.18. The van der Waals surface area contributed by atoms with E-state index in [0.29, 0.717) is 13.1 Å². The van der Waals surface area contributed by atoms with Crippen LogP contribution in [0.2, 0.25) is 0 Å². The van der Waals surface area contributed by atoms with Gasteiger partial charge in [-0.3, -0.25) is 4.90 Å². The summed E-state index contributed by atoms with van der Waals surface area (Å²) in [6, 6.07) is 18.6. The molecule has 5 heteroatoms. The molecule has 5 nitrogen and oxygen atoms in total. The van der Waals surface area contributed by atoms with Crippen LogP contribution in [0.1, 0.15) is 51.2 Å². The van der Waals surface area contributed by atoms with E-state index in [1.807, 2.05) is 54.2 Å². The Balaban J connectivity index is 1.97. The quantitative estimate of drug-likeness (QED) is 0.404. The number of benzene rings is 2. The summed E-state index contributed by atoms with van der Waals surface area (Å²) in [5, 5.41) is 15.4. The highest BCUT2D eigenvalue weighted by Gasteiger charge is 2.24. The molecular weight excluding hydrogens is 398 g/mol. The first-order chi connectivity index (χ1) is 15.4. The third kappa shape index (κ3) is 6.21. The third-order valence-corrected chi connectivity index (χ3v) is 5.80. The van der Waals surface area contributed by atoms with Crippen LogP contribution in [-0.2, 0) is 13.6 Å². The van der Waals surface area contributed by atoms with Crippen molar-refractivity contribution in [3.05, 3.63) is 65.7 Å². The highest BCUT2D eigenvalue weighted by molar-refractivity contribution is 5.65. The Morgan fingerprint density at radius 1 is 1.06 bits per heavy atom. The highest BCUT2D eigenvalue weighted by Crippen LogP contribution is 2.34. The minimum Gasteiger partial charge on any atom is -0.439 e. The van der Waals surface area contributed by atoms with Gasteiger partial charge in [0, 0.05) is 31.7 Å². The van der Waals surface area contributed by atoms with Gasteiger partial charge in [-0.15, -0.1) is 0 Å². The fourth-order valence-corrected chi connectivity index (χ4v) is 3.83. The summed E-state index contributed by atoms with van der Waals surface area (Å²) in [7, 11) is 1.93. The molecular formula is C27H37N3O2. The van der Waals surface area contributed by atoms with Gasteiger partial charge < -0.3 is 9.84 Å². The molecule has 1 unspecified atom stereocenters.